The van der Waals surface area contributed by atoms with Gasteiger partial charge in [0.25, 0.3) is 0 Å². The Labute approximate surface area is 210 Å². The van der Waals surface area contributed by atoms with Crippen LogP contribution in [-0.2, 0) is 6.18 Å². The molecule has 0 spiro atoms. The molecule has 0 aliphatic carbocycles. The van der Waals surface area contributed by atoms with Crippen LogP contribution in [0.15, 0.2) is 42.7 Å². The maximum Gasteiger partial charge on any atom is 0.416 e. The summed E-state index contributed by atoms with van der Waals surface area (Å²) in [6.07, 6.45) is 10.1. The van der Waals surface area contributed by atoms with E-state index in [2.05, 4.69) is 23.6 Å². The van der Waals surface area contributed by atoms with Crippen molar-refractivity contribution in [1.29, 1.82) is 0 Å². The number of pyridine rings is 1. The molecule has 1 atom stereocenters. The monoisotopic (exact) mass is 513 g/mol. The van der Waals surface area contributed by atoms with Crippen LogP contribution in [0.2, 0.25) is 0 Å². The quantitative estimate of drug-likeness (QED) is 0.275. The first-order valence-corrected chi connectivity index (χ1v) is 12.4. The number of benzene rings is 1. The van der Waals surface area contributed by atoms with Crippen molar-refractivity contribution in [1.82, 2.24) is 9.88 Å². The molecule has 0 saturated heterocycles. The normalized spacial score (nSPS) is 16.0. The maximum absolute atomic E-state index is 13.0. The van der Waals surface area contributed by atoms with E-state index in [1.165, 1.54) is 57.3 Å². The van der Waals surface area contributed by atoms with E-state index in [0.29, 0.717) is 29.4 Å². The minimum atomic E-state index is -4.68. The molecule has 0 fully saturated rings. The van der Waals surface area contributed by atoms with Gasteiger partial charge in [0.05, 0.1) is 11.6 Å². The molecule has 200 valence electrons. The lowest BCUT2D eigenvalue weighted by atomic mass is 9.93. The fourth-order valence-electron chi connectivity index (χ4n) is 4.15. The van der Waals surface area contributed by atoms with E-state index < -0.39 is 30.1 Å². The zero-order valence-corrected chi connectivity index (χ0v) is 21.1. The highest BCUT2D eigenvalue weighted by Gasteiger charge is 2.34. The lowest BCUT2D eigenvalue weighted by Crippen LogP contribution is -2.26. The second-order valence-electron chi connectivity index (χ2n) is 8.86. The minimum absolute atomic E-state index is 0.170. The molecule has 1 aromatic heterocycles. The maximum atomic E-state index is 13.0. The summed E-state index contributed by atoms with van der Waals surface area (Å²) in [7, 11) is 1.71. The van der Waals surface area contributed by atoms with E-state index in [-0.39, 0.29) is 5.56 Å². The summed E-state index contributed by atoms with van der Waals surface area (Å²) in [6.45, 7) is 1.62. The first kappa shape index (κ1) is 29.5. The van der Waals surface area contributed by atoms with E-state index >= 15 is 0 Å². The molecular weight excluding hydrogens is 477 g/mol. The molecule has 4 nitrogen and oxygen atoms in total. The summed E-state index contributed by atoms with van der Waals surface area (Å²) >= 11 is 0. The van der Waals surface area contributed by atoms with E-state index in [4.69, 9.17) is 5.73 Å². The SMILES string of the molecule is CCCCCCCCC.CN1CC=C(N)c2ccncc2C1c1ccc(C(F)(F)F)cc1OC(F)F. The number of unbranched alkanes of at least 4 members (excludes halogenated alkanes) is 6. The molecule has 0 radical (unpaired) electrons. The van der Waals surface area contributed by atoms with Crippen molar-refractivity contribution in [2.45, 2.75) is 77.6 Å². The third kappa shape index (κ3) is 8.47. The molecule has 0 bridgehead atoms. The zero-order chi connectivity index (χ0) is 26.7. The Morgan fingerprint density at radius 2 is 1.67 bits per heavy atom. The van der Waals surface area contributed by atoms with Crippen LogP contribution in [0, 0.1) is 0 Å². The Hall–Kier alpha value is -2.68. The predicted molar refractivity (Wildman–Crippen MR) is 133 cm³/mol. The first-order valence-electron chi connectivity index (χ1n) is 12.4. The van der Waals surface area contributed by atoms with Crippen molar-refractivity contribution in [2.75, 3.05) is 13.6 Å². The molecule has 2 aromatic rings. The molecule has 1 aromatic carbocycles. The number of rotatable bonds is 9. The number of aromatic nitrogens is 1. The molecule has 1 unspecified atom stereocenters. The smallest absolute Gasteiger partial charge is 0.416 e. The summed E-state index contributed by atoms with van der Waals surface area (Å²) in [5, 5.41) is 0. The Balaban J connectivity index is 0.000000434. The van der Waals surface area contributed by atoms with Gasteiger partial charge in [0, 0.05) is 41.3 Å². The van der Waals surface area contributed by atoms with Crippen LogP contribution in [0.1, 0.15) is 87.1 Å². The third-order valence-electron chi connectivity index (χ3n) is 6.06. The number of hydrogen-bond donors (Lipinski definition) is 1. The third-order valence-corrected chi connectivity index (χ3v) is 6.06. The summed E-state index contributed by atoms with van der Waals surface area (Å²) in [5.74, 6) is -0.535. The van der Waals surface area contributed by atoms with Gasteiger partial charge in [0.1, 0.15) is 5.75 Å². The molecule has 2 N–H and O–H groups in total. The van der Waals surface area contributed by atoms with Crippen molar-refractivity contribution in [3.05, 3.63) is 65.0 Å². The van der Waals surface area contributed by atoms with Gasteiger partial charge in [-0.3, -0.25) is 9.88 Å². The summed E-state index contributed by atoms with van der Waals surface area (Å²) in [4.78, 5) is 5.82. The highest BCUT2D eigenvalue weighted by atomic mass is 19.4. The van der Waals surface area contributed by atoms with Gasteiger partial charge in [-0.05, 0) is 31.3 Å². The van der Waals surface area contributed by atoms with Gasteiger partial charge in [-0.15, -0.1) is 0 Å². The molecule has 0 saturated carbocycles. The van der Waals surface area contributed by atoms with Crippen LogP contribution >= 0.6 is 0 Å². The van der Waals surface area contributed by atoms with Crippen molar-refractivity contribution in [3.63, 3.8) is 0 Å². The Morgan fingerprint density at radius 3 is 2.25 bits per heavy atom. The number of fused-ring (bicyclic) bond motifs is 1. The number of hydrogen-bond acceptors (Lipinski definition) is 4. The molecular formula is C27H36F5N3O. The average Bonchev–Trinajstić information content (AvgIpc) is 2.95. The number of alkyl halides is 5. The lowest BCUT2D eigenvalue weighted by molar-refractivity contribution is -0.138. The van der Waals surface area contributed by atoms with E-state index in [1.54, 1.807) is 24.1 Å². The van der Waals surface area contributed by atoms with Crippen LogP contribution in [-0.4, -0.2) is 30.1 Å². The second kappa shape index (κ2) is 14.2. The van der Waals surface area contributed by atoms with Gasteiger partial charge in [-0.2, -0.15) is 22.0 Å². The molecule has 0 amide bonds. The highest BCUT2D eigenvalue weighted by Crippen LogP contribution is 2.41. The van der Waals surface area contributed by atoms with Gasteiger partial charge in [-0.1, -0.05) is 64.9 Å². The standard InChI is InChI=1S/C18H16F5N3O.C9H20/c1-26-7-5-14(24)11-4-6-25-9-13(11)16(26)12-3-2-10(18(21,22)23)8-15(12)27-17(19)20;1-3-5-7-9-8-6-4-2/h2-6,8-9,16-17H,7,24H2,1H3;3-9H2,1-2H3. The number of likely N-dealkylation sites (N-methyl/N-ethyl adjacent to an activating group) is 1. The van der Waals surface area contributed by atoms with Crippen molar-refractivity contribution < 1.29 is 26.7 Å². The Bertz CT molecular complexity index is 972. The second-order valence-corrected chi connectivity index (χ2v) is 8.86. The first-order chi connectivity index (χ1) is 17.1. The van der Waals surface area contributed by atoms with Gasteiger partial charge < -0.3 is 10.5 Å². The topological polar surface area (TPSA) is 51.4 Å². The molecule has 36 heavy (non-hydrogen) atoms. The number of halogens is 5. The van der Waals surface area contributed by atoms with Gasteiger partial charge >= 0.3 is 12.8 Å². The molecule has 9 heteroatoms. The molecule has 2 heterocycles. The van der Waals surface area contributed by atoms with Crippen LogP contribution in [0.25, 0.3) is 5.70 Å². The summed E-state index contributed by atoms with van der Waals surface area (Å²) in [5.41, 5.74) is 6.86. The van der Waals surface area contributed by atoms with Crippen LogP contribution < -0.4 is 10.5 Å². The molecule has 3 rings (SSSR count). The molecule has 1 aliphatic rings. The van der Waals surface area contributed by atoms with Crippen molar-refractivity contribution >= 4 is 5.70 Å². The van der Waals surface area contributed by atoms with Crippen molar-refractivity contribution in [2.24, 2.45) is 5.73 Å². The van der Waals surface area contributed by atoms with E-state index in [1.807, 2.05) is 0 Å². The Morgan fingerprint density at radius 1 is 1.03 bits per heavy atom. The van der Waals surface area contributed by atoms with Crippen LogP contribution in [0.4, 0.5) is 22.0 Å². The summed E-state index contributed by atoms with van der Waals surface area (Å²) < 4.78 is 69.2. The fraction of sp³-hybridized carbons (Fsp3) is 0.519. The van der Waals surface area contributed by atoms with Gasteiger partial charge in [-0.25, -0.2) is 0 Å². The van der Waals surface area contributed by atoms with Crippen LogP contribution in [0.3, 0.4) is 0 Å². The highest BCUT2D eigenvalue weighted by molar-refractivity contribution is 5.68. The summed E-state index contributed by atoms with van der Waals surface area (Å²) in [6, 6.07) is 3.60. The van der Waals surface area contributed by atoms with E-state index in [9.17, 15) is 22.0 Å². The largest absolute Gasteiger partial charge is 0.434 e. The van der Waals surface area contributed by atoms with Gasteiger partial charge in [0.2, 0.25) is 0 Å². The number of ether oxygens (including phenoxy) is 1. The minimum Gasteiger partial charge on any atom is -0.434 e. The van der Waals surface area contributed by atoms with E-state index in [0.717, 1.165) is 12.1 Å². The fourth-order valence-corrected chi connectivity index (χ4v) is 4.15. The average molecular weight is 514 g/mol. The number of nitrogens with two attached hydrogens (primary N) is 1. The molecule has 1 aliphatic heterocycles. The van der Waals surface area contributed by atoms with Crippen LogP contribution in [0.5, 0.6) is 5.75 Å². The Kier molecular flexibility index (Phi) is 11.6. The predicted octanol–water partition coefficient (Wildman–Crippen LogP) is 7.79. The zero-order valence-electron chi connectivity index (χ0n) is 21.1. The van der Waals surface area contributed by atoms with Crippen molar-refractivity contribution in [3.8, 4) is 5.75 Å². The number of nitrogens with zero attached hydrogens (tertiary/aromatic N) is 2. The lowest BCUT2D eigenvalue weighted by Gasteiger charge is -2.29. The van der Waals surface area contributed by atoms with Gasteiger partial charge in [0.15, 0.2) is 0 Å².